The highest BCUT2D eigenvalue weighted by atomic mass is 16.7. The number of amides is 1. The summed E-state index contributed by atoms with van der Waals surface area (Å²) in [5.41, 5.74) is 5.41. The second-order valence-corrected chi connectivity index (χ2v) is 5.14. The van der Waals surface area contributed by atoms with Crippen LogP contribution in [0.25, 0.3) is 0 Å². The minimum Gasteiger partial charge on any atom is -0.326 e. The molecule has 1 saturated carbocycles. The van der Waals surface area contributed by atoms with Gasteiger partial charge in [0.25, 0.3) is 0 Å². The molecular weight excluding hydrogens is 192 g/mol. The fourth-order valence-electron chi connectivity index (χ4n) is 2.36. The Morgan fingerprint density at radius 2 is 2.33 bits per heavy atom. The zero-order chi connectivity index (χ0) is 11.1. The molecule has 1 aliphatic heterocycles. The van der Waals surface area contributed by atoms with Gasteiger partial charge >= 0.3 is 0 Å². The number of hydrogen-bond acceptors (Lipinski definition) is 3. The largest absolute Gasteiger partial charge is 0.326 e. The van der Waals surface area contributed by atoms with Crippen molar-refractivity contribution in [2.75, 3.05) is 6.54 Å². The Morgan fingerprint density at radius 1 is 1.67 bits per heavy atom. The van der Waals surface area contributed by atoms with E-state index in [0.717, 1.165) is 0 Å². The lowest BCUT2D eigenvalue weighted by molar-refractivity contribution is -0.216. The lowest BCUT2D eigenvalue weighted by Gasteiger charge is -2.38. The van der Waals surface area contributed by atoms with Crippen LogP contribution in [-0.4, -0.2) is 29.2 Å². The summed E-state index contributed by atoms with van der Waals surface area (Å²) >= 11 is 0. The predicted molar refractivity (Wildman–Crippen MR) is 56.8 cm³/mol. The third-order valence-corrected chi connectivity index (χ3v) is 3.52. The SMILES string of the molecule is CC(N)CN1OC(C)(C2CCC2)CC1=O. The van der Waals surface area contributed by atoms with Crippen LogP contribution in [0.15, 0.2) is 0 Å². The quantitative estimate of drug-likeness (QED) is 0.761. The van der Waals surface area contributed by atoms with E-state index in [1.807, 2.05) is 6.92 Å². The van der Waals surface area contributed by atoms with E-state index in [0.29, 0.717) is 18.9 Å². The number of nitrogens with two attached hydrogens (primary N) is 1. The summed E-state index contributed by atoms with van der Waals surface area (Å²) in [5.74, 6) is 0.640. The summed E-state index contributed by atoms with van der Waals surface area (Å²) in [7, 11) is 0. The van der Waals surface area contributed by atoms with E-state index < -0.39 is 0 Å². The average molecular weight is 212 g/mol. The Kier molecular flexibility index (Phi) is 2.73. The molecule has 4 nitrogen and oxygen atoms in total. The van der Waals surface area contributed by atoms with Gasteiger partial charge in [-0.3, -0.25) is 9.63 Å². The first-order chi connectivity index (χ1) is 7.01. The van der Waals surface area contributed by atoms with Gasteiger partial charge in [-0.05, 0) is 32.6 Å². The Morgan fingerprint density at radius 3 is 2.80 bits per heavy atom. The van der Waals surface area contributed by atoms with Crippen LogP contribution in [0.5, 0.6) is 0 Å². The molecule has 4 heteroatoms. The van der Waals surface area contributed by atoms with Crippen molar-refractivity contribution in [2.24, 2.45) is 11.7 Å². The first kappa shape index (κ1) is 10.9. The zero-order valence-corrected chi connectivity index (χ0v) is 9.53. The highest BCUT2D eigenvalue weighted by Crippen LogP contribution is 2.43. The lowest BCUT2D eigenvalue weighted by atomic mass is 9.72. The molecule has 1 amide bonds. The van der Waals surface area contributed by atoms with Crippen molar-refractivity contribution in [2.45, 2.75) is 51.2 Å². The van der Waals surface area contributed by atoms with Gasteiger partial charge in [-0.1, -0.05) is 6.42 Å². The minimum atomic E-state index is -0.260. The molecule has 1 heterocycles. The van der Waals surface area contributed by atoms with Gasteiger partial charge in [-0.15, -0.1) is 0 Å². The zero-order valence-electron chi connectivity index (χ0n) is 9.53. The maximum atomic E-state index is 11.7. The summed E-state index contributed by atoms with van der Waals surface area (Å²) in [6, 6.07) is -0.0299. The monoisotopic (exact) mass is 212 g/mol. The minimum absolute atomic E-state index is 0.0299. The van der Waals surface area contributed by atoms with Crippen molar-refractivity contribution in [3.05, 3.63) is 0 Å². The summed E-state index contributed by atoms with van der Waals surface area (Å²) in [4.78, 5) is 17.5. The van der Waals surface area contributed by atoms with Gasteiger partial charge in [0, 0.05) is 6.04 Å². The van der Waals surface area contributed by atoms with Crippen LogP contribution < -0.4 is 5.73 Å². The fourth-order valence-corrected chi connectivity index (χ4v) is 2.36. The number of hydrogen-bond donors (Lipinski definition) is 1. The van der Waals surface area contributed by atoms with Crippen LogP contribution in [-0.2, 0) is 9.63 Å². The lowest BCUT2D eigenvalue weighted by Crippen LogP contribution is -2.41. The maximum absolute atomic E-state index is 11.7. The first-order valence-corrected chi connectivity index (χ1v) is 5.76. The highest BCUT2D eigenvalue weighted by Gasteiger charge is 2.48. The third kappa shape index (κ3) is 2.01. The van der Waals surface area contributed by atoms with Crippen molar-refractivity contribution < 1.29 is 9.63 Å². The van der Waals surface area contributed by atoms with Gasteiger partial charge in [0.15, 0.2) is 0 Å². The van der Waals surface area contributed by atoms with Crippen molar-refractivity contribution in [3.8, 4) is 0 Å². The Labute approximate surface area is 90.7 Å². The van der Waals surface area contributed by atoms with E-state index in [2.05, 4.69) is 6.92 Å². The van der Waals surface area contributed by atoms with Gasteiger partial charge in [0.1, 0.15) is 5.60 Å². The maximum Gasteiger partial charge on any atom is 0.249 e. The molecule has 15 heavy (non-hydrogen) atoms. The summed E-state index contributed by atoms with van der Waals surface area (Å²) in [5, 5.41) is 1.46. The van der Waals surface area contributed by atoms with Gasteiger partial charge < -0.3 is 5.73 Å². The fraction of sp³-hybridized carbons (Fsp3) is 0.909. The number of rotatable bonds is 3. The highest BCUT2D eigenvalue weighted by molar-refractivity contribution is 5.78. The molecular formula is C11H20N2O2. The summed E-state index contributed by atoms with van der Waals surface area (Å²) < 4.78 is 0. The van der Waals surface area contributed by atoms with Crippen LogP contribution in [0.1, 0.15) is 39.5 Å². The van der Waals surface area contributed by atoms with Crippen LogP contribution in [0.3, 0.4) is 0 Å². The molecule has 0 aromatic heterocycles. The Bertz CT molecular complexity index is 263. The van der Waals surface area contributed by atoms with Gasteiger partial charge in [-0.2, -0.15) is 0 Å². The van der Waals surface area contributed by atoms with Gasteiger partial charge in [-0.25, -0.2) is 5.06 Å². The van der Waals surface area contributed by atoms with E-state index in [1.165, 1.54) is 24.3 Å². The predicted octanol–water partition coefficient (Wildman–Crippen LogP) is 1.06. The normalized spacial score (nSPS) is 34.3. The van der Waals surface area contributed by atoms with Crippen molar-refractivity contribution in [3.63, 3.8) is 0 Å². The second kappa shape index (κ2) is 3.76. The molecule has 2 aliphatic rings. The molecule has 0 radical (unpaired) electrons. The molecule has 2 fully saturated rings. The second-order valence-electron chi connectivity index (χ2n) is 5.14. The van der Waals surface area contributed by atoms with Crippen LogP contribution in [0.2, 0.25) is 0 Å². The third-order valence-electron chi connectivity index (χ3n) is 3.52. The van der Waals surface area contributed by atoms with Crippen LogP contribution in [0.4, 0.5) is 0 Å². The first-order valence-electron chi connectivity index (χ1n) is 5.76. The smallest absolute Gasteiger partial charge is 0.249 e. The molecule has 1 saturated heterocycles. The number of hydroxylamine groups is 2. The molecule has 0 aromatic rings. The molecule has 86 valence electrons. The van der Waals surface area contributed by atoms with Gasteiger partial charge in [0.05, 0.1) is 13.0 Å². The topological polar surface area (TPSA) is 55.6 Å². The molecule has 0 bridgehead atoms. The Hall–Kier alpha value is -0.610. The summed E-state index contributed by atoms with van der Waals surface area (Å²) in [6.07, 6.45) is 4.17. The van der Waals surface area contributed by atoms with E-state index in [9.17, 15) is 4.79 Å². The van der Waals surface area contributed by atoms with E-state index >= 15 is 0 Å². The van der Waals surface area contributed by atoms with E-state index in [-0.39, 0.29) is 17.6 Å². The van der Waals surface area contributed by atoms with E-state index in [1.54, 1.807) is 0 Å². The van der Waals surface area contributed by atoms with Crippen molar-refractivity contribution >= 4 is 5.91 Å². The number of carbonyl (C=O) groups is 1. The average Bonchev–Trinajstić information content (AvgIpc) is 2.21. The summed E-state index contributed by atoms with van der Waals surface area (Å²) in [6.45, 7) is 4.44. The molecule has 1 aliphatic carbocycles. The number of carbonyl (C=O) groups excluding carboxylic acids is 1. The van der Waals surface area contributed by atoms with Crippen LogP contribution in [0, 0.1) is 5.92 Å². The van der Waals surface area contributed by atoms with Crippen molar-refractivity contribution in [1.29, 1.82) is 0 Å². The standard InChI is InChI=1S/C11H20N2O2/c1-8(12)7-13-10(14)6-11(2,15-13)9-4-3-5-9/h8-9H,3-7,12H2,1-2H3. The molecule has 2 unspecified atom stereocenters. The van der Waals surface area contributed by atoms with Gasteiger partial charge in [0.2, 0.25) is 5.91 Å². The molecule has 2 N–H and O–H groups in total. The number of nitrogens with zero attached hydrogens (tertiary/aromatic N) is 1. The van der Waals surface area contributed by atoms with E-state index in [4.69, 9.17) is 10.6 Å². The molecule has 0 aromatic carbocycles. The molecule has 2 atom stereocenters. The Balaban J connectivity index is 1.98. The van der Waals surface area contributed by atoms with Crippen molar-refractivity contribution in [1.82, 2.24) is 5.06 Å². The van der Waals surface area contributed by atoms with Crippen LogP contribution >= 0.6 is 0 Å². The molecule has 0 spiro atoms. The molecule has 2 rings (SSSR count).